The molecule has 0 saturated carbocycles. The molecule has 0 bridgehead atoms. The van der Waals surface area contributed by atoms with Gasteiger partial charge in [0.2, 0.25) is 11.9 Å². The highest BCUT2D eigenvalue weighted by molar-refractivity contribution is 8.00. The van der Waals surface area contributed by atoms with Gasteiger partial charge in [-0.2, -0.15) is 0 Å². The standard InChI is InChI=1S/C20H30N6O3S/c1-5-21-18(28)22-17(27)15(4)30-20-24-23-19(25-10-13(2)9-14(3)11-25)26(20)12-16-7-6-8-29-16/h6-8,13-15H,5,9-12H2,1-4H3,(H2,21,22,27,28)/t13-,14-,15+/m1/s1. The van der Waals surface area contributed by atoms with E-state index in [-0.39, 0.29) is 5.91 Å². The number of carbonyl (C=O) groups is 2. The Morgan fingerprint density at radius 2 is 2.03 bits per heavy atom. The monoisotopic (exact) mass is 434 g/mol. The van der Waals surface area contributed by atoms with Crippen LogP contribution in [0.1, 0.15) is 39.9 Å². The van der Waals surface area contributed by atoms with Crippen molar-refractivity contribution in [3.63, 3.8) is 0 Å². The highest BCUT2D eigenvalue weighted by atomic mass is 32.2. The molecule has 0 aliphatic carbocycles. The average molecular weight is 435 g/mol. The van der Waals surface area contributed by atoms with Crippen molar-refractivity contribution in [1.82, 2.24) is 25.4 Å². The Kier molecular flexibility index (Phi) is 7.41. The number of urea groups is 1. The zero-order valence-electron chi connectivity index (χ0n) is 17.9. The van der Waals surface area contributed by atoms with Crippen molar-refractivity contribution >= 4 is 29.6 Å². The third kappa shape index (κ3) is 5.56. The van der Waals surface area contributed by atoms with Gasteiger partial charge in [-0.15, -0.1) is 10.2 Å². The maximum absolute atomic E-state index is 12.4. The summed E-state index contributed by atoms with van der Waals surface area (Å²) >= 11 is 1.28. The molecule has 3 rings (SSSR count). The molecule has 3 heterocycles. The number of piperidine rings is 1. The molecule has 9 nitrogen and oxygen atoms in total. The molecule has 0 unspecified atom stereocenters. The summed E-state index contributed by atoms with van der Waals surface area (Å²) in [6.45, 7) is 10.8. The van der Waals surface area contributed by atoms with Crippen molar-refractivity contribution in [3.8, 4) is 0 Å². The fourth-order valence-electron chi connectivity index (χ4n) is 3.76. The summed E-state index contributed by atoms with van der Waals surface area (Å²) in [6.07, 6.45) is 2.83. The molecule has 10 heteroatoms. The van der Waals surface area contributed by atoms with Crippen LogP contribution < -0.4 is 15.5 Å². The Hall–Kier alpha value is -2.49. The molecule has 0 spiro atoms. The van der Waals surface area contributed by atoms with E-state index in [2.05, 4.69) is 39.6 Å². The smallest absolute Gasteiger partial charge is 0.321 e. The topological polar surface area (TPSA) is 105 Å². The van der Waals surface area contributed by atoms with Gasteiger partial charge in [0, 0.05) is 19.6 Å². The maximum Gasteiger partial charge on any atom is 0.321 e. The minimum atomic E-state index is -0.515. The summed E-state index contributed by atoms with van der Waals surface area (Å²) in [6, 6.07) is 3.26. The lowest BCUT2D eigenvalue weighted by Gasteiger charge is -2.35. The van der Waals surface area contributed by atoms with E-state index in [9.17, 15) is 9.59 Å². The van der Waals surface area contributed by atoms with Crippen LogP contribution in [0, 0.1) is 11.8 Å². The minimum absolute atomic E-state index is 0.375. The zero-order valence-corrected chi connectivity index (χ0v) is 18.7. The number of imide groups is 1. The predicted octanol–water partition coefficient (Wildman–Crippen LogP) is 2.73. The second-order valence-electron chi connectivity index (χ2n) is 7.91. The summed E-state index contributed by atoms with van der Waals surface area (Å²) < 4.78 is 7.53. The number of anilines is 1. The van der Waals surface area contributed by atoms with Crippen molar-refractivity contribution < 1.29 is 14.0 Å². The van der Waals surface area contributed by atoms with Crippen LogP contribution >= 0.6 is 11.8 Å². The van der Waals surface area contributed by atoms with Crippen molar-refractivity contribution in [3.05, 3.63) is 24.2 Å². The zero-order chi connectivity index (χ0) is 21.7. The van der Waals surface area contributed by atoms with Gasteiger partial charge in [-0.05, 0) is 44.2 Å². The lowest BCUT2D eigenvalue weighted by atomic mass is 9.92. The molecule has 30 heavy (non-hydrogen) atoms. The van der Waals surface area contributed by atoms with Gasteiger partial charge in [-0.3, -0.25) is 14.7 Å². The van der Waals surface area contributed by atoms with E-state index in [4.69, 9.17) is 4.42 Å². The molecule has 2 aromatic heterocycles. The van der Waals surface area contributed by atoms with E-state index < -0.39 is 11.3 Å². The molecule has 3 amide bonds. The van der Waals surface area contributed by atoms with Gasteiger partial charge in [0.15, 0.2) is 5.16 Å². The summed E-state index contributed by atoms with van der Waals surface area (Å²) in [7, 11) is 0. The Morgan fingerprint density at radius 1 is 1.30 bits per heavy atom. The summed E-state index contributed by atoms with van der Waals surface area (Å²) in [5.74, 6) is 2.33. The van der Waals surface area contributed by atoms with E-state index in [1.807, 2.05) is 16.7 Å². The highest BCUT2D eigenvalue weighted by Gasteiger charge is 2.28. The first-order chi connectivity index (χ1) is 14.4. The van der Waals surface area contributed by atoms with Crippen molar-refractivity contribution in [2.24, 2.45) is 11.8 Å². The Bertz CT molecular complexity index is 843. The summed E-state index contributed by atoms with van der Waals surface area (Å²) in [5, 5.41) is 13.8. The van der Waals surface area contributed by atoms with Crippen molar-refractivity contribution in [1.29, 1.82) is 0 Å². The van der Waals surface area contributed by atoms with Gasteiger partial charge in [0.25, 0.3) is 0 Å². The number of nitrogens with one attached hydrogen (secondary N) is 2. The van der Waals surface area contributed by atoms with Crippen LogP contribution in [0.2, 0.25) is 0 Å². The maximum atomic E-state index is 12.4. The molecule has 0 radical (unpaired) electrons. The van der Waals surface area contributed by atoms with Crippen LogP contribution in [0.4, 0.5) is 10.7 Å². The molecule has 3 atom stereocenters. The Morgan fingerprint density at radius 3 is 2.67 bits per heavy atom. The van der Waals surface area contributed by atoms with Gasteiger partial charge in [-0.1, -0.05) is 25.6 Å². The number of carbonyl (C=O) groups excluding carboxylic acids is 2. The molecule has 1 aliphatic heterocycles. The number of furan rings is 1. The van der Waals surface area contributed by atoms with Crippen LogP contribution in [-0.2, 0) is 11.3 Å². The minimum Gasteiger partial charge on any atom is -0.467 e. The second-order valence-corrected chi connectivity index (χ2v) is 9.22. The van der Waals surface area contributed by atoms with Crippen LogP contribution in [0.25, 0.3) is 0 Å². The lowest BCUT2D eigenvalue weighted by Crippen LogP contribution is -2.42. The van der Waals surface area contributed by atoms with E-state index in [1.54, 1.807) is 20.1 Å². The average Bonchev–Trinajstić information content (AvgIpc) is 3.32. The normalized spacial score (nSPS) is 20.1. The molecular weight excluding hydrogens is 404 g/mol. The number of thioether (sulfide) groups is 1. The van der Waals surface area contributed by atoms with Crippen molar-refractivity contribution in [2.75, 3.05) is 24.5 Å². The predicted molar refractivity (Wildman–Crippen MR) is 116 cm³/mol. The van der Waals surface area contributed by atoms with E-state index in [1.165, 1.54) is 18.2 Å². The van der Waals surface area contributed by atoms with Gasteiger partial charge < -0.3 is 14.6 Å². The van der Waals surface area contributed by atoms with Gasteiger partial charge >= 0.3 is 6.03 Å². The molecular formula is C20H30N6O3S. The fourth-order valence-corrected chi connectivity index (χ4v) is 4.60. The molecule has 2 N–H and O–H groups in total. The Balaban J connectivity index is 1.80. The highest BCUT2D eigenvalue weighted by Crippen LogP contribution is 2.30. The third-order valence-electron chi connectivity index (χ3n) is 4.97. The van der Waals surface area contributed by atoms with Crippen LogP contribution in [-0.4, -0.2) is 51.6 Å². The van der Waals surface area contributed by atoms with E-state index in [0.29, 0.717) is 30.1 Å². The number of amides is 3. The first-order valence-electron chi connectivity index (χ1n) is 10.3. The van der Waals surface area contributed by atoms with Crippen LogP contribution in [0.3, 0.4) is 0 Å². The molecule has 1 aliphatic rings. The first-order valence-corrected chi connectivity index (χ1v) is 11.2. The largest absolute Gasteiger partial charge is 0.467 e. The molecule has 164 valence electrons. The van der Waals surface area contributed by atoms with Crippen LogP contribution in [0.5, 0.6) is 0 Å². The molecule has 2 aromatic rings. The van der Waals surface area contributed by atoms with Crippen molar-refractivity contribution in [2.45, 2.75) is 51.1 Å². The van der Waals surface area contributed by atoms with E-state index >= 15 is 0 Å². The number of hydrogen-bond donors (Lipinski definition) is 2. The SMILES string of the molecule is CCNC(=O)NC(=O)[C@H](C)Sc1nnc(N2C[C@H](C)C[C@@H](C)C2)n1Cc1ccco1. The number of aromatic nitrogens is 3. The second kappa shape index (κ2) is 10.0. The quantitative estimate of drug-likeness (QED) is 0.646. The molecule has 0 aromatic carbocycles. The van der Waals surface area contributed by atoms with E-state index in [0.717, 1.165) is 24.8 Å². The van der Waals surface area contributed by atoms with Crippen LogP contribution in [0.15, 0.2) is 28.0 Å². The molecule has 1 saturated heterocycles. The third-order valence-corrected chi connectivity index (χ3v) is 6.05. The van der Waals surface area contributed by atoms with Gasteiger partial charge in [-0.25, -0.2) is 4.79 Å². The first kappa shape index (κ1) is 22.2. The number of nitrogens with zero attached hydrogens (tertiary/aromatic N) is 4. The van der Waals surface area contributed by atoms with Gasteiger partial charge in [0.1, 0.15) is 5.76 Å². The van der Waals surface area contributed by atoms with Gasteiger partial charge in [0.05, 0.1) is 18.1 Å². The number of rotatable bonds is 7. The number of hydrogen-bond acceptors (Lipinski definition) is 7. The summed E-state index contributed by atoms with van der Waals surface area (Å²) in [5.41, 5.74) is 0. The molecule has 1 fully saturated rings. The summed E-state index contributed by atoms with van der Waals surface area (Å²) in [4.78, 5) is 26.3. The fraction of sp³-hybridized carbons (Fsp3) is 0.600. The lowest BCUT2D eigenvalue weighted by molar-refractivity contribution is -0.119. The Labute approximate surface area is 181 Å².